The number of nitrogens with zero attached hydrogens (tertiary/aromatic N) is 1. The third-order valence-corrected chi connectivity index (χ3v) is 3.28. The van der Waals surface area contributed by atoms with E-state index in [1.165, 1.54) is 12.1 Å². The van der Waals surface area contributed by atoms with Crippen LogP contribution >= 0.6 is 0 Å². The standard InChI is InChI=1S/C16H15F3N2O/c1-15(2,12-6-8-20-9-7-12)21-14(22)11-4-3-5-13(10-11)16(17,18)19/h3-10H,1-2H3,(H,21,22). The lowest BCUT2D eigenvalue weighted by Gasteiger charge is -2.27. The lowest BCUT2D eigenvalue weighted by atomic mass is 9.94. The van der Waals surface area contributed by atoms with Gasteiger partial charge in [0.1, 0.15) is 0 Å². The summed E-state index contributed by atoms with van der Waals surface area (Å²) in [4.78, 5) is 16.1. The van der Waals surface area contributed by atoms with Crippen LogP contribution in [0.4, 0.5) is 13.2 Å². The Hall–Kier alpha value is -2.37. The molecule has 0 aliphatic heterocycles. The SMILES string of the molecule is CC(C)(NC(=O)c1cccc(C(F)(F)F)c1)c1ccncc1. The van der Waals surface area contributed by atoms with E-state index in [1.807, 2.05) is 0 Å². The predicted octanol–water partition coefficient (Wildman–Crippen LogP) is 3.77. The molecular formula is C16H15F3N2O. The summed E-state index contributed by atoms with van der Waals surface area (Å²) in [5, 5.41) is 2.73. The number of carbonyl (C=O) groups is 1. The van der Waals surface area contributed by atoms with Crippen LogP contribution < -0.4 is 5.32 Å². The number of carbonyl (C=O) groups excluding carboxylic acids is 1. The maximum Gasteiger partial charge on any atom is 0.416 e. The zero-order valence-corrected chi connectivity index (χ0v) is 12.1. The van der Waals surface area contributed by atoms with Crippen LogP contribution in [0.15, 0.2) is 48.8 Å². The first-order valence-electron chi connectivity index (χ1n) is 6.60. The Bertz CT molecular complexity index is 667. The molecule has 3 nitrogen and oxygen atoms in total. The molecule has 2 rings (SSSR count). The lowest BCUT2D eigenvalue weighted by molar-refractivity contribution is -0.137. The summed E-state index contributed by atoms with van der Waals surface area (Å²) in [5.41, 5.74) is -0.796. The van der Waals surface area contributed by atoms with Crippen molar-refractivity contribution >= 4 is 5.91 Å². The van der Waals surface area contributed by atoms with Gasteiger partial charge in [0.15, 0.2) is 0 Å². The molecule has 1 N–H and O–H groups in total. The maximum absolute atomic E-state index is 12.7. The fourth-order valence-electron chi connectivity index (χ4n) is 2.03. The van der Waals surface area contributed by atoms with Crippen molar-refractivity contribution in [1.29, 1.82) is 0 Å². The summed E-state index contributed by atoms with van der Waals surface area (Å²) < 4.78 is 38.1. The van der Waals surface area contributed by atoms with Gasteiger partial charge in [0.25, 0.3) is 5.91 Å². The van der Waals surface area contributed by atoms with Crippen molar-refractivity contribution < 1.29 is 18.0 Å². The van der Waals surface area contributed by atoms with E-state index in [0.717, 1.165) is 17.7 Å². The summed E-state index contributed by atoms with van der Waals surface area (Å²) in [7, 11) is 0. The van der Waals surface area contributed by atoms with E-state index in [1.54, 1.807) is 38.4 Å². The second-order valence-corrected chi connectivity index (χ2v) is 5.39. The molecule has 2 aromatic rings. The quantitative estimate of drug-likeness (QED) is 0.938. The van der Waals surface area contributed by atoms with Crippen LogP contribution in [-0.4, -0.2) is 10.9 Å². The summed E-state index contributed by atoms with van der Waals surface area (Å²) in [6.45, 7) is 3.54. The second-order valence-electron chi connectivity index (χ2n) is 5.39. The summed E-state index contributed by atoms with van der Waals surface area (Å²) in [6.07, 6.45) is -1.29. The van der Waals surface area contributed by atoms with Crippen molar-refractivity contribution in [2.45, 2.75) is 25.6 Å². The van der Waals surface area contributed by atoms with Crippen LogP contribution in [-0.2, 0) is 11.7 Å². The van der Waals surface area contributed by atoms with Gasteiger partial charge in [0.2, 0.25) is 0 Å². The molecular weight excluding hydrogens is 293 g/mol. The van der Waals surface area contributed by atoms with E-state index in [2.05, 4.69) is 10.3 Å². The first-order valence-corrected chi connectivity index (χ1v) is 6.60. The highest BCUT2D eigenvalue weighted by molar-refractivity contribution is 5.94. The summed E-state index contributed by atoms with van der Waals surface area (Å²) >= 11 is 0. The average Bonchev–Trinajstić information content (AvgIpc) is 2.47. The van der Waals surface area contributed by atoms with Crippen molar-refractivity contribution in [2.75, 3.05) is 0 Å². The van der Waals surface area contributed by atoms with Gasteiger partial charge in [0, 0.05) is 18.0 Å². The number of rotatable bonds is 3. The Kier molecular flexibility index (Phi) is 4.21. The number of pyridine rings is 1. The highest BCUT2D eigenvalue weighted by Gasteiger charge is 2.31. The van der Waals surface area contributed by atoms with Crippen LogP contribution in [0.5, 0.6) is 0 Å². The van der Waals surface area contributed by atoms with E-state index < -0.39 is 23.2 Å². The molecule has 0 aliphatic carbocycles. The van der Waals surface area contributed by atoms with Gasteiger partial charge in [-0.2, -0.15) is 13.2 Å². The number of aromatic nitrogens is 1. The summed E-state index contributed by atoms with van der Waals surface area (Å²) in [5.74, 6) is -0.562. The zero-order chi connectivity index (χ0) is 16.4. The fourth-order valence-corrected chi connectivity index (χ4v) is 2.03. The molecule has 22 heavy (non-hydrogen) atoms. The topological polar surface area (TPSA) is 42.0 Å². The number of alkyl halides is 3. The number of hydrogen-bond acceptors (Lipinski definition) is 2. The van der Waals surface area contributed by atoms with Gasteiger partial charge in [-0.05, 0) is 49.7 Å². The molecule has 0 fully saturated rings. The Morgan fingerprint density at radius 3 is 2.27 bits per heavy atom. The molecule has 0 spiro atoms. The monoisotopic (exact) mass is 308 g/mol. The van der Waals surface area contributed by atoms with Crippen molar-refractivity contribution in [3.63, 3.8) is 0 Å². The molecule has 1 aromatic carbocycles. The van der Waals surface area contributed by atoms with E-state index in [-0.39, 0.29) is 5.56 Å². The number of halogens is 3. The minimum atomic E-state index is -4.48. The van der Waals surface area contributed by atoms with E-state index in [4.69, 9.17) is 0 Å². The second kappa shape index (κ2) is 5.79. The third-order valence-electron chi connectivity index (χ3n) is 3.28. The number of amides is 1. The minimum absolute atomic E-state index is 0.0306. The van der Waals surface area contributed by atoms with Gasteiger partial charge in [0.05, 0.1) is 11.1 Å². The molecule has 0 radical (unpaired) electrons. The average molecular weight is 308 g/mol. The number of hydrogen-bond donors (Lipinski definition) is 1. The molecule has 0 unspecified atom stereocenters. The lowest BCUT2D eigenvalue weighted by Crippen LogP contribution is -2.41. The smallest absolute Gasteiger partial charge is 0.343 e. The third kappa shape index (κ3) is 3.63. The molecule has 0 bridgehead atoms. The van der Waals surface area contributed by atoms with Gasteiger partial charge < -0.3 is 5.32 Å². The van der Waals surface area contributed by atoms with Gasteiger partial charge in [-0.15, -0.1) is 0 Å². The molecule has 0 aliphatic rings. The van der Waals surface area contributed by atoms with Crippen molar-refractivity contribution in [3.05, 3.63) is 65.5 Å². The largest absolute Gasteiger partial charge is 0.416 e. The number of nitrogens with one attached hydrogen (secondary N) is 1. The molecule has 1 heterocycles. The van der Waals surface area contributed by atoms with Gasteiger partial charge in [-0.3, -0.25) is 9.78 Å². The van der Waals surface area contributed by atoms with Crippen LogP contribution in [0, 0.1) is 0 Å². The minimum Gasteiger partial charge on any atom is -0.343 e. The van der Waals surface area contributed by atoms with Gasteiger partial charge in [-0.1, -0.05) is 6.07 Å². The van der Waals surface area contributed by atoms with Gasteiger partial charge >= 0.3 is 6.18 Å². The van der Waals surface area contributed by atoms with Gasteiger partial charge in [-0.25, -0.2) is 0 Å². The van der Waals surface area contributed by atoms with Crippen LogP contribution in [0.2, 0.25) is 0 Å². The van der Waals surface area contributed by atoms with Crippen LogP contribution in [0.25, 0.3) is 0 Å². The van der Waals surface area contributed by atoms with Crippen molar-refractivity contribution in [2.24, 2.45) is 0 Å². The van der Waals surface area contributed by atoms with Crippen molar-refractivity contribution in [1.82, 2.24) is 10.3 Å². The first kappa shape index (κ1) is 16.0. The molecule has 6 heteroatoms. The Labute approximate surface area is 126 Å². The van der Waals surface area contributed by atoms with Crippen LogP contribution in [0.1, 0.15) is 35.3 Å². The Morgan fingerprint density at radius 2 is 1.68 bits per heavy atom. The molecule has 0 saturated carbocycles. The Morgan fingerprint density at radius 1 is 1.05 bits per heavy atom. The highest BCUT2D eigenvalue weighted by atomic mass is 19.4. The fraction of sp³-hybridized carbons (Fsp3) is 0.250. The normalized spacial score (nSPS) is 12.0. The van der Waals surface area contributed by atoms with E-state index in [9.17, 15) is 18.0 Å². The Balaban J connectivity index is 2.23. The molecule has 0 saturated heterocycles. The van der Waals surface area contributed by atoms with Crippen molar-refractivity contribution in [3.8, 4) is 0 Å². The molecule has 1 amide bonds. The zero-order valence-electron chi connectivity index (χ0n) is 12.1. The van der Waals surface area contributed by atoms with E-state index >= 15 is 0 Å². The molecule has 1 aromatic heterocycles. The molecule has 0 atom stereocenters. The number of benzene rings is 1. The highest BCUT2D eigenvalue weighted by Crippen LogP contribution is 2.29. The first-order chi connectivity index (χ1) is 10.2. The maximum atomic E-state index is 12.7. The van der Waals surface area contributed by atoms with E-state index in [0.29, 0.717) is 0 Å². The summed E-state index contributed by atoms with van der Waals surface area (Å²) in [6, 6.07) is 7.84. The van der Waals surface area contributed by atoms with Crippen LogP contribution in [0.3, 0.4) is 0 Å². The predicted molar refractivity (Wildman–Crippen MR) is 76.2 cm³/mol. The molecule has 116 valence electrons.